The third-order valence-corrected chi connectivity index (χ3v) is 0. The number of carboxylic acid groups (broad SMARTS) is 1. The van der Waals surface area contributed by atoms with Gasteiger partial charge in [-0.2, -0.15) is 0 Å². The minimum atomic E-state index is -0.833. The van der Waals surface area contributed by atoms with Gasteiger partial charge in [0.05, 0.1) is 0 Å². The molecule has 0 radical (unpaired) electrons. The standard InChI is InChI=1S/C2H4O2.Fe.Li.H/c1-2(3)4;;;/h1H3,(H,3,4);;;. The first-order valence-corrected chi connectivity index (χ1v) is 0.928. The molecular weight excluding hydrogens is 119 g/mol. The summed E-state index contributed by atoms with van der Waals surface area (Å²) in [5, 5.41) is 7.42. The fourth-order valence-electron chi connectivity index (χ4n) is 0. The van der Waals surface area contributed by atoms with E-state index in [2.05, 4.69) is 0 Å². The van der Waals surface area contributed by atoms with E-state index in [0.717, 1.165) is 6.92 Å². The van der Waals surface area contributed by atoms with Crippen LogP contribution in [0.3, 0.4) is 0 Å². The molecule has 0 spiro atoms. The van der Waals surface area contributed by atoms with Crippen molar-refractivity contribution in [1.82, 2.24) is 0 Å². The summed E-state index contributed by atoms with van der Waals surface area (Å²) in [4.78, 5) is 9.00. The predicted molar refractivity (Wildman–Crippen MR) is 20.5 cm³/mol. The molecule has 0 heterocycles. The molecule has 4 heteroatoms. The molecule has 0 saturated carbocycles. The summed E-state index contributed by atoms with van der Waals surface area (Å²) in [5.74, 6) is -0.833. The molecule has 0 atom stereocenters. The SMILES string of the molecule is CC(=O)O.[Fe].[LiH]. The van der Waals surface area contributed by atoms with Crippen molar-refractivity contribution in [2.75, 3.05) is 0 Å². The Balaban J connectivity index is -0.0000000450. The van der Waals surface area contributed by atoms with Gasteiger partial charge in [-0.15, -0.1) is 0 Å². The topological polar surface area (TPSA) is 37.3 Å². The van der Waals surface area contributed by atoms with Gasteiger partial charge in [0.15, 0.2) is 0 Å². The first-order valence-electron chi connectivity index (χ1n) is 0.928. The molecule has 34 valence electrons. The summed E-state index contributed by atoms with van der Waals surface area (Å²) in [5.41, 5.74) is 0. The van der Waals surface area contributed by atoms with Gasteiger partial charge >= 0.3 is 18.9 Å². The summed E-state index contributed by atoms with van der Waals surface area (Å²) in [6, 6.07) is 0. The van der Waals surface area contributed by atoms with Crippen molar-refractivity contribution < 1.29 is 27.0 Å². The average Bonchev–Trinajstić information content (AvgIpc) is 0.811. The molecule has 0 aliphatic carbocycles. The van der Waals surface area contributed by atoms with Crippen LogP contribution in [0.1, 0.15) is 6.92 Å². The van der Waals surface area contributed by atoms with Crippen LogP contribution in [-0.4, -0.2) is 29.9 Å². The maximum atomic E-state index is 9.00. The zero-order valence-corrected chi connectivity index (χ0v) is 3.81. The number of aliphatic carboxylic acids is 1. The van der Waals surface area contributed by atoms with E-state index in [-0.39, 0.29) is 35.9 Å². The molecule has 0 aliphatic heterocycles. The van der Waals surface area contributed by atoms with Gasteiger partial charge in [0.1, 0.15) is 0 Å². The molecule has 0 fully saturated rings. The van der Waals surface area contributed by atoms with E-state index in [9.17, 15) is 0 Å². The van der Waals surface area contributed by atoms with Crippen molar-refractivity contribution in [3.8, 4) is 0 Å². The Morgan fingerprint density at radius 2 is 1.67 bits per heavy atom. The van der Waals surface area contributed by atoms with Crippen molar-refractivity contribution in [2.24, 2.45) is 0 Å². The Labute approximate surface area is 59.0 Å². The molecule has 0 unspecified atom stereocenters. The quantitative estimate of drug-likeness (QED) is 0.439. The molecule has 0 saturated heterocycles. The normalized spacial score (nSPS) is 4.17. The Bertz CT molecular complexity index is 34.5. The van der Waals surface area contributed by atoms with Gasteiger partial charge in [0.25, 0.3) is 5.97 Å². The molecule has 6 heavy (non-hydrogen) atoms. The van der Waals surface area contributed by atoms with Crippen LogP contribution < -0.4 is 0 Å². The molecule has 0 rings (SSSR count). The van der Waals surface area contributed by atoms with Crippen LogP contribution in [0.5, 0.6) is 0 Å². The molecular formula is C2H5FeLiO2. The fraction of sp³-hybridized carbons (Fsp3) is 0.500. The van der Waals surface area contributed by atoms with E-state index < -0.39 is 5.97 Å². The Hall–Kier alpha value is 0.587. The molecule has 0 amide bonds. The minimum absolute atomic E-state index is 0. The number of hydrogen-bond donors (Lipinski definition) is 1. The van der Waals surface area contributed by atoms with Crippen LogP contribution in [0.4, 0.5) is 0 Å². The molecule has 1 N–H and O–H groups in total. The summed E-state index contributed by atoms with van der Waals surface area (Å²) in [6.45, 7) is 1.08. The van der Waals surface area contributed by atoms with Crippen LogP contribution in [0.25, 0.3) is 0 Å². The van der Waals surface area contributed by atoms with E-state index in [1.165, 1.54) is 0 Å². The molecule has 0 aliphatic rings. The van der Waals surface area contributed by atoms with Crippen LogP contribution in [0.2, 0.25) is 0 Å². The Kier molecular flexibility index (Phi) is 24.3. The molecule has 0 aromatic heterocycles. The zero-order chi connectivity index (χ0) is 3.58. The molecule has 0 bridgehead atoms. The fourth-order valence-corrected chi connectivity index (χ4v) is 0. The first-order chi connectivity index (χ1) is 1.73. The van der Waals surface area contributed by atoms with Gasteiger partial charge < -0.3 is 5.11 Å². The van der Waals surface area contributed by atoms with Crippen molar-refractivity contribution in [1.29, 1.82) is 0 Å². The second-order valence-corrected chi connectivity index (χ2v) is 0.519. The van der Waals surface area contributed by atoms with Crippen molar-refractivity contribution in [2.45, 2.75) is 6.92 Å². The maximum absolute atomic E-state index is 9.00. The summed E-state index contributed by atoms with van der Waals surface area (Å²) in [7, 11) is 0. The van der Waals surface area contributed by atoms with E-state index in [4.69, 9.17) is 9.90 Å². The van der Waals surface area contributed by atoms with Gasteiger partial charge in [0, 0.05) is 24.0 Å². The number of rotatable bonds is 0. The van der Waals surface area contributed by atoms with Crippen molar-refractivity contribution in [3.63, 3.8) is 0 Å². The van der Waals surface area contributed by atoms with Crippen LogP contribution >= 0.6 is 0 Å². The van der Waals surface area contributed by atoms with Crippen LogP contribution in [-0.2, 0) is 21.9 Å². The zero-order valence-electron chi connectivity index (χ0n) is 2.71. The van der Waals surface area contributed by atoms with E-state index >= 15 is 0 Å². The second-order valence-electron chi connectivity index (χ2n) is 0.519. The number of carboxylic acids is 1. The van der Waals surface area contributed by atoms with Crippen LogP contribution in [0.15, 0.2) is 0 Å². The summed E-state index contributed by atoms with van der Waals surface area (Å²) < 4.78 is 0. The van der Waals surface area contributed by atoms with E-state index in [1.54, 1.807) is 0 Å². The van der Waals surface area contributed by atoms with E-state index in [1.807, 2.05) is 0 Å². The van der Waals surface area contributed by atoms with Gasteiger partial charge in [-0.1, -0.05) is 0 Å². The van der Waals surface area contributed by atoms with Crippen molar-refractivity contribution in [3.05, 3.63) is 0 Å². The summed E-state index contributed by atoms with van der Waals surface area (Å²) in [6.07, 6.45) is 0. The molecule has 0 aromatic carbocycles. The molecule has 2 nitrogen and oxygen atoms in total. The summed E-state index contributed by atoms with van der Waals surface area (Å²) >= 11 is 0. The van der Waals surface area contributed by atoms with Gasteiger partial charge in [-0.05, 0) is 0 Å². The van der Waals surface area contributed by atoms with Gasteiger partial charge in [-0.3, -0.25) is 4.79 Å². The second kappa shape index (κ2) is 9.14. The van der Waals surface area contributed by atoms with Gasteiger partial charge in [0.2, 0.25) is 0 Å². The monoisotopic (exact) mass is 124 g/mol. The Morgan fingerprint density at radius 3 is 1.67 bits per heavy atom. The first kappa shape index (κ1) is 16.0. The van der Waals surface area contributed by atoms with Crippen LogP contribution in [0, 0.1) is 0 Å². The number of carbonyl (C=O) groups is 1. The third-order valence-electron chi connectivity index (χ3n) is 0. The molecule has 0 aromatic rings. The average molecular weight is 124 g/mol. The van der Waals surface area contributed by atoms with Crippen molar-refractivity contribution >= 4 is 24.8 Å². The third kappa shape index (κ3) is 171. The predicted octanol–water partition coefficient (Wildman–Crippen LogP) is -0.560. The van der Waals surface area contributed by atoms with Gasteiger partial charge in [-0.25, -0.2) is 0 Å². The number of hydrogen-bond acceptors (Lipinski definition) is 1. The Morgan fingerprint density at radius 1 is 1.67 bits per heavy atom. The van der Waals surface area contributed by atoms with E-state index in [0.29, 0.717) is 0 Å².